The average Bonchev–Trinajstić information content (AvgIpc) is 2.46. The Hall–Kier alpha value is -3.01. The minimum absolute atomic E-state index is 0.105. The Labute approximate surface area is 130 Å². The lowest BCUT2D eigenvalue weighted by atomic mass is 10.2. The van der Waals surface area contributed by atoms with Crippen molar-refractivity contribution in [3.05, 3.63) is 68.3 Å². The lowest BCUT2D eigenvalue weighted by Crippen LogP contribution is -2.10. The molecule has 0 aliphatic rings. The van der Waals surface area contributed by atoms with Crippen LogP contribution in [0.5, 0.6) is 5.75 Å². The molecule has 0 spiro atoms. The average molecular weight is 338 g/mol. The van der Waals surface area contributed by atoms with E-state index in [9.17, 15) is 28.6 Å². The molecule has 0 amide bonds. The summed E-state index contributed by atoms with van der Waals surface area (Å²) in [7, 11) is -4.20. The van der Waals surface area contributed by atoms with Gasteiger partial charge in [0.2, 0.25) is 0 Å². The first kappa shape index (κ1) is 16.4. The van der Waals surface area contributed by atoms with E-state index >= 15 is 0 Å². The van der Waals surface area contributed by atoms with E-state index in [4.69, 9.17) is 4.18 Å². The molecule has 2 aromatic carbocycles. The zero-order valence-corrected chi connectivity index (χ0v) is 12.5. The van der Waals surface area contributed by atoms with E-state index in [1.807, 2.05) is 0 Å². The van der Waals surface area contributed by atoms with E-state index in [0.717, 1.165) is 42.5 Å². The van der Waals surface area contributed by atoms with Crippen LogP contribution < -0.4 is 4.18 Å². The number of hydrogen-bond donors (Lipinski definition) is 0. The second-order valence-electron chi connectivity index (χ2n) is 4.49. The van der Waals surface area contributed by atoms with Crippen molar-refractivity contribution < 1.29 is 22.4 Å². The highest BCUT2D eigenvalue weighted by atomic mass is 32.2. The molecule has 10 heteroatoms. The van der Waals surface area contributed by atoms with Gasteiger partial charge in [-0.25, -0.2) is 0 Å². The summed E-state index contributed by atoms with van der Waals surface area (Å²) in [5, 5.41) is 21.3. The van der Waals surface area contributed by atoms with Gasteiger partial charge in [0.25, 0.3) is 11.4 Å². The maximum Gasteiger partial charge on any atom is 0.339 e. The van der Waals surface area contributed by atoms with Crippen molar-refractivity contribution in [2.75, 3.05) is 0 Å². The van der Waals surface area contributed by atoms with Crippen LogP contribution in [-0.2, 0) is 10.1 Å². The topological polar surface area (TPSA) is 130 Å². The molecule has 0 aromatic heterocycles. The van der Waals surface area contributed by atoms with Crippen molar-refractivity contribution in [2.24, 2.45) is 0 Å². The molecule has 0 radical (unpaired) electrons. The molecule has 0 N–H and O–H groups in total. The first-order valence-corrected chi connectivity index (χ1v) is 7.55. The maximum absolute atomic E-state index is 12.1. The fraction of sp³-hybridized carbons (Fsp3) is 0.0769. The molecule has 0 aliphatic heterocycles. The molecule has 2 aromatic rings. The van der Waals surface area contributed by atoms with Crippen molar-refractivity contribution in [1.82, 2.24) is 0 Å². The number of nitrogens with zero attached hydrogens (tertiary/aromatic N) is 2. The summed E-state index contributed by atoms with van der Waals surface area (Å²) in [4.78, 5) is 19.8. The Balaban J connectivity index is 2.30. The zero-order valence-electron chi connectivity index (χ0n) is 11.7. The van der Waals surface area contributed by atoms with Crippen LogP contribution in [0.3, 0.4) is 0 Å². The normalized spacial score (nSPS) is 11.0. The molecule has 2 rings (SSSR count). The van der Waals surface area contributed by atoms with E-state index < -0.39 is 20.0 Å². The monoisotopic (exact) mass is 338 g/mol. The number of nitro groups is 2. The predicted octanol–water partition coefficient (Wildman–Crippen LogP) is 2.58. The molecule has 23 heavy (non-hydrogen) atoms. The van der Waals surface area contributed by atoms with E-state index in [-0.39, 0.29) is 27.6 Å². The maximum atomic E-state index is 12.1. The summed E-state index contributed by atoms with van der Waals surface area (Å²) in [6.45, 7) is 1.41. The molecule has 0 heterocycles. The Bertz CT molecular complexity index is 876. The van der Waals surface area contributed by atoms with Gasteiger partial charge < -0.3 is 4.18 Å². The third kappa shape index (κ3) is 3.61. The van der Waals surface area contributed by atoms with E-state index in [2.05, 4.69) is 0 Å². The van der Waals surface area contributed by atoms with Gasteiger partial charge in [0.1, 0.15) is 10.6 Å². The van der Waals surface area contributed by atoms with Crippen LogP contribution in [0.15, 0.2) is 47.4 Å². The molecule has 9 nitrogen and oxygen atoms in total. The van der Waals surface area contributed by atoms with Crippen LogP contribution in [0, 0.1) is 27.2 Å². The molecule has 0 aliphatic carbocycles. The zero-order chi connectivity index (χ0) is 17.2. The summed E-state index contributed by atoms with van der Waals surface area (Å²) in [5.41, 5.74) is -0.247. The van der Waals surface area contributed by atoms with E-state index in [0.29, 0.717) is 0 Å². The molecule has 120 valence electrons. The van der Waals surface area contributed by atoms with Crippen molar-refractivity contribution in [1.29, 1.82) is 0 Å². The molecule has 0 saturated carbocycles. The van der Waals surface area contributed by atoms with Crippen LogP contribution in [-0.4, -0.2) is 18.3 Å². The number of aryl methyl sites for hydroxylation is 1. The number of non-ortho nitro benzene ring substituents is 1. The van der Waals surface area contributed by atoms with Gasteiger partial charge in [0.05, 0.1) is 9.85 Å². The Morgan fingerprint density at radius 3 is 2.04 bits per heavy atom. The summed E-state index contributed by atoms with van der Waals surface area (Å²) >= 11 is 0. The number of rotatable bonds is 5. The Kier molecular flexibility index (Phi) is 4.27. The van der Waals surface area contributed by atoms with Crippen LogP contribution in [0.4, 0.5) is 11.4 Å². The van der Waals surface area contributed by atoms with E-state index in [1.165, 1.54) is 6.92 Å². The van der Waals surface area contributed by atoms with Crippen molar-refractivity contribution in [3.8, 4) is 5.75 Å². The molecule has 0 bridgehead atoms. The van der Waals surface area contributed by atoms with Gasteiger partial charge in [-0.1, -0.05) is 0 Å². The van der Waals surface area contributed by atoms with Gasteiger partial charge in [-0.3, -0.25) is 20.2 Å². The highest BCUT2D eigenvalue weighted by molar-refractivity contribution is 7.87. The smallest absolute Gasteiger partial charge is 0.339 e. The molecule has 0 unspecified atom stereocenters. The van der Waals surface area contributed by atoms with Crippen LogP contribution in [0.2, 0.25) is 0 Å². The second-order valence-corrected chi connectivity index (χ2v) is 6.04. The first-order valence-electron chi connectivity index (χ1n) is 6.15. The quantitative estimate of drug-likeness (QED) is 0.465. The van der Waals surface area contributed by atoms with Crippen LogP contribution in [0.1, 0.15) is 5.56 Å². The summed E-state index contributed by atoms with van der Waals surface area (Å²) in [6.07, 6.45) is 0. The fourth-order valence-corrected chi connectivity index (χ4v) is 2.80. The van der Waals surface area contributed by atoms with Gasteiger partial charge in [-0.05, 0) is 31.2 Å². The summed E-state index contributed by atoms with van der Waals surface area (Å²) < 4.78 is 29.1. The molecule has 0 fully saturated rings. The largest absolute Gasteiger partial charge is 0.379 e. The second kappa shape index (κ2) is 6.01. The third-order valence-corrected chi connectivity index (χ3v) is 4.15. The Morgan fingerprint density at radius 1 is 0.957 bits per heavy atom. The highest BCUT2D eigenvalue weighted by Crippen LogP contribution is 2.25. The predicted molar refractivity (Wildman–Crippen MR) is 78.7 cm³/mol. The lowest BCUT2D eigenvalue weighted by molar-refractivity contribution is -0.385. The van der Waals surface area contributed by atoms with Crippen molar-refractivity contribution in [2.45, 2.75) is 11.8 Å². The number of benzene rings is 2. The summed E-state index contributed by atoms with van der Waals surface area (Å²) in [5.74, 6) is -0.105. The number of hydrogen-bond acceptors (Lipinski definition) is 7. The van der Waals surface area contributed by atoms with Crippen molar-refractivity contribution in [3.63, 3.8) is 0 Å². The van der Waals surface area contributed by atoms with E-state index in [1.54, 1.807) is 0 Å². The van der Waals surface area contributed by atoms with Gasteiger partial charge >= 0.3 is 10.1 Å². The van der Waals surface area contributed by atoms with Gasteiger partial charge in [-0.15, -0.1) is 0 Å². The lowest BCUT2D eigenvalue weighted by Gasteiger charge is -2.07. The third-order valence-electron chi connectivity index (χ3n) is 2.91. The van der Waals surface area contributed by atoms with Crippen molar-refractivity contribution >= 4 is 21.5 Å². The molecule has 0 saturated heterocycles. The van der Waals surface area contributed by atoms with Gasteiger partial charge in [0.15, 0.2) is 0 Å². The van der Waals surface area contributed by atoms with Crippen LogP contribution >= 0.6 is 0 Å². The minimum atomic E-state index is -4.20. The minimum Gasteiger partial charge on any atom is -0.379 e. The fourth-order valence-electron chi connectivity index (χ4n) is 1.79. The Morgan fingerprint density at radius 2 is 1.57 bits per heavy atom. The highest BCUT2D eigenvalue weighted by Gasteiger charge is 2.20. The molecule has 0 atom stereocenters. The first-order chi connectivity index (χ1) is 10.7. The van der Waals surface area contributed by atoms with Crippen LogP contribution in [0.25, 0.3) is 0 Å². The summed E-state index contributed by atoms with van der Waals surface area (Å²) in [6, 6.07) is 7.76. The van der Waals surface area contributed by atoms with Gasteiger partial charge in [-0.2, -0.15) is 8.42 Å². The standard InChI is InChI=1S/C13H10N2O7S/c1-9-8-12(6-7-13(9)15(18)19)23(20,21)22-11-4-2-10(3-5-11)14(16)17/h2-8H,1H3. The molecular weight excluding hydrogens is 328 g/mol. The number of nitro benzene ring substituents is 2. The SMILES string of the molecule is Cc1cc(S(=O)(=O)Oc2ccc([N+](=O)[O-])cc2)ccc1[N+](=O)[O-]. The van der Waals surface area contributed by atoms with Gasteiger partial charge in [0, 0.05) is 23.8 Å². The molecular formula is C13H10N2O7S.